The zero-order chi connectivity index (χ0) is 13.8. The van der Waals surface area contributed by atoms with Gasteiger partial charge in [0.25, 0.3) is 0 Å². The maximum Gasteiger partial charge on any atom is 0.157 e. The van der Waals surface area contributed by atoms with E-state index in [1.165, 1.54) is 0 Å². The van der Waals surface area contributed by atoms with Gasteiger partial charge in [0.05, 0.1) is 10.0 Å². The van der Waals surface area contributed by atoms with Crippen LogP contribution in [0.25, 0.3) is 0 Å². The molecule has 0 atom stereocenters. The second-order valence-electron chi connectivity index (χ2n) is 3.64. The predicted octanol–water partition coefficient (Wildman–Crippen LogP) is 3.91. The highest BCUT2D eigenvalue weighted by Gasteiger charge is 2.10. The number of hydrazine groups is 1. The molecule has 2 aromatic rings. The molecule has 0 saturated carbocycles. The number of nitrogens with zero attached hydrogens (tertiary/aromatic N) is 1. The van der Waals surface area contributed by atoms with Crippen molar-refractivity contribution in [2.75, 3.05) is 5.43 Å². The zero-order valence-electron chi connectivity index (χ0n) is 9.66. The number of rotatable bonds is 4. The lowest BCUT2D eigenvalue weighted by Crippen LogP contribution is -2.12. The summed E-state index contributed by atoms with van der Waals surface area (Å²) in [5.74, 6) is 6.27. The van der Waals surface area contributed by atoms with Gasteiger partial charge in [-0.15, -0.1) is 0 Å². The molecule has 1 heterocycles. The summed E-state index contributed by atoms with van der Waals surface area (Å²) in [5, 5.41) is 1.15. The Morgan fingerprint density at radius 1 is 1.21 bits per heavy atom. The first kappa shape index (κ1) is 14.2. The smallest absolute Gasteiger partial charge is 0.157 e. The summed E-state index contributed by atoms with van der Waals surface area (Å²) < 4.78 is 5.59. The van der Waals surface area contributed by atoms with Crippen LogP contribution >= 0.6 is 34.8 Å². The minimum Gasteiger partial charge on any atom is -0.486 e. The van der Waals surface area contributed by atoms with Crippen molar-refractivity contribution < 1.29 is 4.74 Å². The maximum absolute atomic E-state index is 6.02. The molecule has 0 spiro atoms. The summed E-state index contributed by atoms with van der Waals surface area (Å²) >= 11 is 17.9. The van der Waals surface area contributed by atoms with E-state index in [0.29, 0.717) is 26.6 Å². The fraction of sp³-hybridized carbons (Fsp3) is 0.0833. The molecular weight excluding hydrogens is 309 g/mol. The van der Waals surface area contributed by atoms with Crippen molar-refractivity contribution in [3.05, 3.63) is 51.1 Å². The van der Waals surface area contributed by atoms with E-state index >= 15 is 0 Å². The maximum atomic E-state index is 6.02. The van der Waals surface area contributed by atoms with Crippen LogP contribution in [0.2, 0.25) is 15.1 Å². The van der Waals surface area contributed by atoms with Crippen molar-refractivity contribution in [1.29, 1.82) is 0 Å². The standard InChI is InChI=1S/C12H10Cl3N3O/c13-8-4-9(14)11(10(15)5-8)19-6-7-2-1-3-17-12(7)18-16/h1-5H,6,16H2,(H,17,18). The van der Waals surface area contributed by atoms with Crippen LogP contribution in [-0.2, 0) is 6.61 Å². The highest BCUT2D eigenvalue weighted by atomic mass is 35.5. The fourth-order valence-corrected chi connectivity index (χ4v) is 2.43. The summed E-state index contributed by atoms with van der Waals surface area (Å²) in [7, 11) is 0. The second-order valence-corrected chi connectivity index (χ2v) is 4.89. The van der Waals surface area contributed by atoms with Gasteiger partial charge in [-0.2, -0.15) is 0 Å². The highest BCUT2D eigenvalue weighted by molar-refractivity contribution is 6.40. The minimum atomic E-state index is 0.231. The number of hydrogen-bond acceptors (Lipinski definition) is 4. The van der Waals surface area contributed by atoms with Crippen LogP contribution in [0.4, 0.5) is 5.82 Å². The molecule has 0 radical (unpaired) electrons. The van der Waals surface area contributed by atoms with Crippen molar-refractivity contribution in [3.63, 3.8) is 0 Å². The van der Waals surface area contributed by atoms with Crippen molar-refractivity contribution >= 4 is 40.6 Å². The largest absolute Gasteiger partial charge is 0.486 e. The number of nitrogens with one attached hydrogen (secondary N) is 1. The monoisotopic (exact) mass is 317 g/mol. The van der Waals surface area contributed by atoms with Crippen LogP contribution in [0.15, 0.2) is 30.5 Å². The van der Waals surface area contributed by atoms with Crippen molar-refractivity contribution in [3.8, 4) is 5.75 Å². The van der Waals surface area contributed by atoms with Crippen LogP contribution in [-0.4, -0.2) is 4.98 Å². The third kappa shape index (κ3) is 3.42. The van der Waals surface area contributed by atoms with Gasteiger partial charge < -0.3 is 10.2 Å². The highest BCUT2D eigenvalue weighted by Crippen LogP contribution is 2.36. The Bertz CT molecular complexity index is 569. The molecule has 19 heavy (non-hydrogen) atoms. The molecule has 1 aromatic carbocycles. The molecule has 2 rings (SSSR count). The number of ether oxygens (including phenoxy) is 1. The molecule has 0 aliphatic heterocycles. The Morgan fingerprint density at radius 3 is 2.53 bits per heavy atom. The van der Waals surface area contributed by atoms with E-state index in [2.05, 4.69) is 10.4 Å². The summed E-state index contributed by atoms with van der Waals surface area (Å²) in [5.41, 5.74) is 3.28. The lowest BCUT2D eigenvalue weighted by molar-refractivity contribution is 0.307. The van der Waals surface area contributed by atoms with E-state index in [-0.39, 0.29) is 6.61 Å². The van der Waals surface area contributed by atoms with Gasteiger partial charge in [0, 0.05) is 16.8 Å². The van der Waals surface area contributed by atoms with E-state index in [4.69, 9.17) is 45.4 Å². The first-order chi connectivity index (χ1) is 9.11. The van der Waals surface area contributed by atoms with Crippen LogP contribution < -0.4 is 16.0 Å². The number of nitrogens with two attached hydrogens (primary N) is 1. The van der Waals surface area contributed by atoms with Gasteiger partial charge in [-0.1, -0.05) is 40.9 Å². The average molecular weight is 319 g/mol. The second kappa shape index (κ2) is 6.30. The van der Waals surface area contributed by atoms with E-state index in [9.17, 15) is 0 Å². The number of halogens is 3. The normalized spacial score (nSPS) is 10.3. The fourth-order valence-electron chi connectivity index (χ4n) is 1.50. The summed E-state index contributed by atoms with van der Waals surface area (Å²) in [6, 6.07) is 6.75. The van der Waals surface area contributed by atoms with Crippen molar-refractivity contribution in [2.45, 2.75) is 6.61 Å². The van der Waals surface area contributed by atoms with Crippen molar-refractivity contribution in [1.82, 2.24) is 4.98 Å². The van der Waals surface area contributed by atoms with Gasteiger partial charge in [0.15, 0.2) is 5.75 Å². The first-order valence-corrected chi connectivity index (χ1v) is 6.43. The molecule has 0 aliphatic rings. The van der Waals surface area contributed by atoms with Gasteiger partial charge in [-0.3, -0.25) is 0 Å². The molecule has 0 amide bonds. The number of anilines is 1. The lowest BCUT2D eigenvalue weighted by atomic mass is 10.2. The molecule has 7 heteroatoms. The number of hydrogen-bond donors (Lipinski definition) is 2. The number of nitrogen functional groups attached to an aromatic ring is 1. The predicted molar refractivity (Wildman–Crippen MR) is 77.9 cm³/mol. The quantitative estimate of drug-likeness (QED) is 0.663. The van der Waals surface area contributed by atoms with E-state index in [1.807, 2.05) is 6.07 Å². The van der Waals surface area contributed by atoms with E-state index < -0.39 is 0 Å². The Hall–Kier alpha value is -1.20. The first-order valence-electron chi connectivity index (χ1n) is 5.29. The minimum absolute atomic E-state index is 0.231. The summed E-state index contributed by atoms with van der Waals surface area (Å²) in [6.45, 7) is 0.231. The topological polar surface area (TPSA) is 60.2 Å². The lowest BCUT2D eigenvalue weighted by Gasteiger charge is -2.12. The Balaban J connectivity index is 2.19. The Kier molecular flexibility index (Phi) is 4.71. The molecule has 0 unspecified atom stereocenters. The van der Waals surface area contributed by atoms with Gasteiger partial charge in [0.2, 0.25) is 0 Å². The molecule has 0 aliphatic carbocycles. The Morgan fingerprint density at radius 2 is 1.89 bits per heavy atom. The van der Waals surface area contributed by atoms with E-state index in [0.717, 1.165) is 5.56 Å². The molecule has 0 saturated heterocycles. The van der Waals surface area contributed by atoms with E-state index in [1.54, 1.807) is 24.4 Å². The Labute approximate surface area is 125 Å². The zero-order valence-corrected chi connectivity index (χ0v) is 11.9. The van der Waals surface area contributed by atoms with Gasteiger partial charge in [0.1, 0.15) is 12.4 Å². The van der Waals surface area contributed by atoms with Gasteiger partial charge in [-0.25, -0.2) is 10.8 Å². The van der Waals surface area contributed by atoms with Crippen LogP contribution in [0, 0.1) is 0 Å². The van der Waals surface area contributed by atoms with Crippen LogP contribution in [0.5, 0.6) is 5.75 Å². The molecular formula is C12H10Cl3N3O. The van der Waals surface area contributed by atoms with Crippen LogP contribution in [0.1, 0.15) is 5.56 Å². The molecule has 0 bridgehead atoms. The van der Waals surface area contributed by atoms with Gasteiger partial charge >= 0.3 is 0 Å². The summed E-state index contributed by atoms with van der Waals surface area (Å²) in [4.78, 5) is 4.07. The van der Waals surface area contributed by atoms with Gasteiger partial charge in [-0.05, 0) is 18.2 Å². The molecule has 4 nitrogen and oxygen atoms in total. The number of benzene rings is 1. The third-order valence-electron chi connectivity index (χ3n) is 2.36. The molecule has 100 valence electrons. The molecule has 1 aromatic heterocycles. The number of pyridine rings is 1. The average Bonchev–Trinajstić information content (AvgIpc) is 2.38. The van der Waals surface area contributed by atoms with Crippen LogP contribution in [0.3, 0.4) is 0 Å². The summed E-state index contributed by atoms with van der Waals surface area (Å²) in [6.07, 6.45) is 1.63. The SMILES string of the molecule is NNc1ncccc1COc1c(Cl)cc(Cl)cc1Cl. The third-order valence-corrected chi connectivity index (χ3v) is 3.14. The number of aromatic nitrogens is 1. The molecule has 0 fully saturated rings. The van der Waals surface area contributed by atoms with Crippen molar-refractivity contribution in [2.24, 2.45) is 5.84 Å². The molecule has 3 N–H and O–H groups in total.